The van der Waals surface area contributed by atoms with Crippen molar-refractivity contribution < 1.29 is 5.11 Å². The third-order valence-electron chi connectivity index (χ3n) is 6.14. The SMILES string of the molecule is Cc1ncc(-c2ccc(-c3ccc(N4CCC(C)(NCC5CC5)C4)nn3)c(O)c2)s1. The van der Waals surface area contributed by atoms with Gasteiger partial charge in [0.25, 0.3) is 0 Å². The third kappa shape index (κ3) is 4.04. The van der Waals surface area contributed by atoms with Gasteiger partial charge >= 0.3 is 0 Å². The molecule has 0 spiro atoms. The predicted molar refractivity (Wildman–Crippen MR) is 121 cm³/mol. The number of hydrogen-bond acceptors (Lipinski definition) is 7. The van der Waals surface area contributed by atoms with Crippen LogP contribution in [-0.2, 0) is 0 Å². The summed E-state index contributed by atoms with van der Waals surface area (Å²) in [7, 11) is 0. The molecule has 5 rings (SSSR count). The molecule has 1 aromatic carbocycles. The molecule has 0 radical (unpaired) electrons. The van der Waals surface area contributed by atoms with E-state index in [0.29, 0.717) is 11.3 Å². The van der Waals surface area contributed by atoms with Crippen molar-refractivity contribution in [1.29, 1.82) is 0 Å². The molecule has 0 bridgehead atoms. The molecule has 1 unspecified atom stereocenters. The monoisotopic (exact) mass is 421 g/mol. The Kier molecular flexibility index (Phi) is 4.95. The number of benzene rings is 1. The quantitative estimate of drug-likeness (QED) is 0.620. The van der Waals surface area contributed by atoms with Gasteiger partial charge in [0.15, 0.2) is 5.82 Å². The molecule has 1 aliphatic heterocycles. The number of hydrogen-bond donors (Lipinski definition) is 2. The van der Waals surface area contributed by atoms with Gasteiger partial charge in [0.05, 0.1) is 15.6 Å². The highest BCUT2D eigenvalue weighted by atomic mass is 32.1. The van der Waals surface area contributed by atoms with Gasteiger partial charge in [0.2, 0.25) is 0 Å². The molecule has 30 heavy (non-hydrogen) atoms. The number of anilines is 1. The Labute approximate surface area is 181 Å². The van der Waals surface area contributed by atoms with Crippen molar-refractivity contribution in [2.24, 2.45) is 5.92 Å². The molecule has 2 fully saturated rings. The van der Waals surface area contributed by atoms with E-state index in [9.17, 15) is 5.11 Å². The van der Waals surface area contributed by atoms with Crippen LogP contribution in [0.4, 0.5) is 5.82 Å². The van der Waals surface area contributed by atoms with E-state index >= 15 is 0 Å². The Balaban J connectivity index is 1.29. The Bertz CT molecular complexity index is 1050. The number of aromatic nitrogens is 3. The largest absolute Gasteiger partial charge is 0.507 e. The van der Waals surface area contributed by atoms with Crippen LogP contribution in [0.25, 0.3) is 21.7 Å². The fourth-order valence-electron chi connectivity index (χ4n) is 4.05. The number of phenolic OH excluding ortho intramolecular Hbond substituents is 1. The highest BCUT2D eigenvalue weighted by Crippen LogP contribution is 2.35. The second kappa shape index (κ2) is 7.63. The zero-order valence-electron chi connectivity index (χ0n) is 17.4. The van der Waals surface area contributed by atoms with Gasteiger partial charge in [-0.1, -0.05) is 6.07 Å². The summed E-state index contributed by atoms with van der Waals surface area (Å²) in [5, 5.41) is 24.2. The van der Waals surface area contributed by atoms with Crippen LogP contribution in [0.1, 0.15) is 31.2 Å². The Morgan fingerprint density at radius 2 is 2.10 bits per heavy atom. The lowest BCUT2D eigenvalue weighted by molar-refractivity contribution is 0.383. The van der Waals surface area contributed by atoms with Crippen LogP contribution in [0.3, 0.4) is 0 Å². The van der Waals surface area contributed by atoms with Crippen molar-refractivity contribution in [1.82, 2.24) is 20.5 Å². The molecule has 1 saturated heterocycles. The number of phenols is 1. The summed E-state index contributed by atoms with van der Waals surface area (Å²) in [5.74, 6) is 1.99. The molecule has 1 atom stereocenters. The smallest absolute Gasteiger partial charge is 0.151 e. The Morgan fingerprint density at radius 1 is 1.23 bits per heavy atom. The molecule has 6 nitrogen and oxygen atoms in total. The number of rotatable bonds is 6. The zero-order chi connectivity index (χ0) is 20.7. The van der Waals surface area contributed by atoms with Gasteiger partial charge in [0, 0.05) is 30.4 Å². The topological polar surface area (TPSA) is 74.2 Å². The van der Waals surface area contributed by atoms with Gasteiger partial charge in [0.1, 0.15) is 5.75 Å². The lowest BCUT2D eigenvalue weighted by atomic mass is 10.0. The van der Waals surface area contributed by atoms with Crippen LogP contribution in [0.5, 0.6) is 5.75 Å². The number of aromatic hydroxyl groups is 1. The van der Waals surface area contributed by atoms with Crippen molar-refractivity contribution in [3.63, 3.8) is 0 Å². The summed E-state index contributed by atoms with van der Waals surface area (Å²) in [4.78, 5) is 7.63. The molecule has 3 heterocycles. The highest BCUT2D eigenvalue weighted by molar-refractivity contribution is 7.15. The minimum atomic E-state index is 0.145. The molecule has 3 aromatic rings. The van der Waals surface area contributed by atoms with Gasteiger partial charge in [-0.25, -0.2) is 4.98 Å². The van der Waals surface area contributed by atoms with Crippen molar-refractivity contribution in [2.45, 2.75) is 38.6 Å². The normalized spacial score (nSPS) is 21.3. The van der Waals surface area contributed by atoms with E-state index in [0.717, 1.165) is 53.2 Å². The minimum Gasteiger partial charge on any atom is -0.507 e. The van der Waals surface area contributed by atoms with Crippen LogP contribution in [0.15, 0.2) is 36.5 Å². The molecular weight excluding hydrogens is 394 g/mol. The van der Waals surface area contributed by atoms with E-state index < -0.39 is 0 Å². The molecule has 0 amide bonds. The van der Waals surface area contributed by atoms with Crippen LogP contribution in [0, 0.1) is 12.8 Å². The summed E-state index contributed by atoms with van der Waals surface area (Å²) in [6.07, 6.45) is 5.70. The first-order valence-electron chi connectivity index (χ1n) is 10.6. The molecule has 7 heteroatoms. The van der Waals surface area contributed by atoms with Crippen LogP contribution in [0.2, 0.25) is 0 Å². The van der Waals surface area contributed by atoms with E-state index in [1.165, 1.54) is 12.8 Å². The molecule has 2 aliphatic rings. The van der Waals surface area contributed by atoms with E-state index in [4.69, 9.17) is 0 Å². The van der Waals surface area contributed by atoms with E-state index in [1.807, 2.05) is 37.4 Å². The van der Waals surface area contributed by atoms with Gasteiger partial charge in [-0.15, -0.1) is 21.5 Å². The van der Waals surface area contributed by atoms with E-state index in [-0.39, 0.29) is 11.3 Å². The molecule has 2 aromatic heterocycles. The van der Waals surface area contributed by atoms with E-state index in [1.54, 1.807) is 17.4 Å². The summed E-state index contributed by atoms with van der Waals surface area (Å²) >= 11 is 1.61. The van der Waals surface area contributed by atoms with Crippen molar-refractivity contribution in [3.05, 3.63) is 41.5 Å². The molecule has 2 N–H and O–H groups in total. The molecule has 1 aliphatic carbocycles. The van der Waals surface area contributed by atoms with Crippen LogP contribution >= 0.6 is 11.3 Å². The zero-order valence-corrected chi connectivity index (χ0v) is 18.2. The Morgan fingerprint density at radius 3 is 2.77 bits per heavy atom. The molecular formula is C23H27N5OS. The fraction of sp³-hybridized carbons (Fsp3) is 0.435. The fourth-order valence-corrected chi connectivity index (χ4v) is 4.82. The van der Waals surface area contributed by atoms with Crippen molar-refractivity contribution >= 4 is 17.2 Å². The lowest BCUT2D eigenvalue weighted by Gasteiger charge is -2.26. The average molecular weight is 422 g/mol. The summed E-state index contributed by atoms with van der Waals surface area (Å²) < 4.78 is 0. The number of thiazole rings is 1. The van der Waals surface area contributed by atoms with Crippen LogP contribution in [-0.4, -0.2) is 45.5 Å². The number of nitrogens with zero attached hydrogens (tertiary/aromatic N) is 4. The Hall–Kier alpha value is -2.51. The van der Waals surface area contributed by atoms with Gasteiger partial charge in [-0.2, -0.15) is 0 Å². The number of aryl methyl sites for hydroxylation is 1. The average Bonchev–Trinajstić information content (AvgIpc) is 3.35. The second-order valence-electron chi connectivity index (χ2n) is 8.81. The van der Waals surface area contributed by atoms with Gasteiger partial charge < -0.3 is 15.3 Å². The first kappa shape index (κ1) is 19.5. The maximum atomic E-state index is 10.6. The summed E-state index contributed by atoms with van der Waals surface area (Å²) in [6.45, 7) is 7.34. The number of nitrogens with one attached hydrogen (secondary N) is 1. The minimum absolute atomic E-state index is 0.145. The van der Waals surface area contributed by atoms with Gasteiger partial charge in [-0.3, -0.25) is 0 Å². The predicted octanol–water partition coefficient (Wildman–Crippen LogP) is 4.25. The van der Waals surface area contributed by atoms with Crippen molar-refractivity contribution in [2.75, 3.05) is 24.5 Å². The third-order valence-corrected chi connectivity index (χ3v) is 7.10. The van der Waals surface area contributed by atoms with Gasteiger partial charge in [-0.05, 0) is 75.4 Å². The molecule has 1 saturated carbocycles. The first-order chi connectivity index (χ1) is 14.5. The van der Waals surface area contributed by atoms with Crippen molar-refractivity contribution in [3.8, 4) is 27.4 Å². The lowest BCUT2D eigenvalue weighted by Crippen LogP contribution is -2.45. The first-order valence-corrected chi connectivity index (χ1v) is 11.4. The van der Waals surface area contributed by atoms with Crippen LogP contribution < -0.4 is 10.2 Å². The standard InChI is InChI=1S/C23H27N5OS/c1-15-24-13-21(30-15)17-5-6-18(20(29)11-17)19-7-8-22(27-26-19)28-10-9-23(2,14-28)25-12-16-3-4-16/h5-8,11,13,16,25,29H,3-4,9-10,12,14H2,1-2H3. The summed E-state index contributed by atoms with van der Waals surface area (Å²) in [5.41, 5.74) is 2.47. The molecule has 156 valence electrons. The highest BCUT2D eigenvalue weighted by Gasteiger charge is 2.35. The maximum Gasteiger partial charge on any atom is 0.151 e. The second-order valence-corrected chi connectivity index (χ2v) is 10.0. The summed E-state index contributed by atoms with van der Waals surface area (Å²) in [6, 6.07) is 9.62. The van der Waals surface area contributed by atoms with E-state index in [2.05, 4.69) is 32.3 Å². The maximum absolute atomic E-state index is 10.6.